The van der Waals surface area contributed by atoms with Crippen molar-refractivity contribution in [1.82, 2.24) is 10.2 Å². The van der Waals surface area contributed by atoms with Gasteiger partial charge in [0.2, 0.25) is 0 Å². The SMILES string of the molecule is CN(Cc1ccc(Cl)cc1)CC1(C)CCCCN1. The molecule has 0 bridgehead atoms. The van der Waals surface area contributed by atoms with Crippen molar-refractivity contribution >= 4 is 11.6 Å². The molecule has 1 saturated heterocycles. The van der Waals surface area contributed by atoms with Crippen LogP contribution in [0.25, 0.3) is 0 Å². The second-order valence-corrected chi connectivity index (χ2v) is 6.18. The molecule has 0 aliphatic carbocycles. The molecule has 0 saturated carbocycles. The van der Waals surface area contributed by atoms with E-state index in [1.165, 1.54) is 24.8 Å². The molecule has 1 unspecified atom stereocenters. The van der Waals surface area contributed by atoms with Crippen LogP contribution in [0.1, 0.15) is 31.7 Å². The van der Waals surface area contributed by atoms with Gasteiger partial charge in [0.15, 0.2) is 0 Å². The molecule has 1 aliphatic heterocycles. The van der Waals surface area contributed by atoms with Crippen LogP contribution in [-0.2, 0) is 6.54 Å². The number of rotatable bonds is 4. The number of benzene rings is 1. The molecule has 3 heteroatoms. The van der Waals surface area contributed by atoms with Crippen LogP contribution in [0.4, 0.5) is 0 Å². The fourth-order valence-electron chi connectivity index (χ4n) is 2.81. The number of nitrogens with zero attached hydrogens (tertiary/aromatic N) is 1. The van der Waals surface area contributed by atoms with Crippen molar-refractivity contribution in [3.8, 4) is 0 Å². The minimum atomic E-state index is 0.277. The highest BCUT2D eigenvalue weighted by Crippen LogP contribution is 2.20. The largest absolute Gasteiger partial charge is 0.310 e. The molecule has 0 spiro atoms. The van der Waals surface area contributed by atoms with Crippen molar-refractivity contribution < 1.29 is 0 Å². The Labute approximate surface area is 115 Å². The van der Waals surface area contributed by atoms with E-state index >= 15 is 0 Å². The van der Waals surface area contributed by atoms with Crippen LogP contribution in [0.15, 0.2) is 24.3 Å². The fraction of sp³-hybridized carbons (Fsp3) is 0.600. The molecule has 1 aromatic carbocycles. The van der Waals surface area contributed by atoms with E-state index in [1.54, 1.807) is 0 Å². The average Bonchev–Trinajstić information content (AvgIpc) is 2.32. The third kappa shape index (κ3) is 3.98. The lowest BCUT2D eigenvalue weighted by Crippen LogP contribution is -2.52. The van der Waals surface area contributed by atoms with Gasteiger partial charge < -0.3 is 10.2 Å². The molecule has 1 N–H and O–H groups in total. The first-order valence-corrected chi connectivity index (χ1v) is 7.13. The summed E-state index contributed by atoms with van der Waals surface area (Å²) in [5.41, 5.74) is 1.60. The van der Waals surface area contributed by atoms with Crippen LogP contribution < -0.4 is 5.32 Å². The van der Waals surface area contributed by atoms with Gasteiger partial charge in [-0.15, -0.1) is 0 Å². The van der Waals surface area contributed by atoms with Gasteiger partial charge in [0, 0.05) is 23.7 Å². The minimum absolute atomic E-state index is 0.277. The Hall–Kier alpha value is -0.570. The molecule has 0 radical (unpaired) electrons. The monoisotopic (exact) mass is 266 g/mol. The Kier molecular flexibility index (Phi) is 4.66. The third-order valence-corrected chi connectivity index (χ3v) is 3.94. The Morgan fingerprint density at radius 2 is 2.00 bits per heavy atom. The second kappa shape index (κ2) is 6.05. The van der Waals surface area contributed by atoms with E-state index in [1.807, 2.05) is 12.1 Å². The predicted octanol–water partition coefficient (Wildman–Crippen LogP) is 3.30. The molecule has 1 aliphatic rings. The van der Waals surface area contributed by atoms with Crippen LogP contribution in [0, 0.1) is 0 Å². The Bertz CT molecular complexity index is 369. The maximum Gasteiger partial charge on any atom is 0.0406 e. The highest BCUT2D eigenvalue weighted by atomic mass is 35.5. The normalized spacial score (nSPS) is 24.4. The van der Waals surface area contributed by atoms with Gasteiger partial charge in [-0.3, -0.25) is 0 Å². The summed E-state index contributed by atoms with van der Waals surface area (Å²) in [6, 6.07) is 8.14. The highest BCUT2D eigenvalue weighted by Gasteiger charge is 2.27. The lowest BCUT2D eigenvalue weighted by molar-refractivity contribution is 0.183. The molecule has 1 heterocycles. The van der Waals surface area contributed by atoms with Crippen molar-refractivity contribution in [2.24, 2.45) is 0 Å². The molecule has 18 heavy (non-hydrogen) atoms. The molecule has 2 rings (SSSR count). The number of hydrogen-bond acceptors (Lipinski definition) is 2. The van der Waals surface area contributed by atoms with Gasteiger partial charge in [-0.05, 0) is 51.1 Å². The molecular formula is C15H23ClN2. The van der Waals surface area contributed by atoms with Crippen LogP contribution in [0.2, 0.25) is 5.02 Å². The molecule has 1 aromatic rings. The van der Waals surface area contributed by atoms with Crippen molar-refractivity contribution in [2.45, 2.75) is 38.3 Å². The number of hydrogen-bond donors (Lipinski definition) is 1. The van der Waals surface area contributed by atoms with Crippen LogP contribution in [0.3, 0.4) is 0 Å². The second-order valence-electron chi connectivity index (χ2n) is 5.74. The number of halogens is 1. The molecule has 1 fully saturated rings. The maximum absolute atomic E-state index is 5.90. The van der Waals surface area contributed by atoms with Gasteiger partial charge in [0.1, 0.15) is 0 Å². The first kappa shape index (κ1) is 13.9. The van der Waals surface area contributed by atoms with Crippen LogP contribution in [-0.4, -0.2) is 30.6 Å². The van der Waals surface area contributed by atoms with Gasteiger partial charge in [-0.2, -0.15) is 0 Å². The molecule has 1 atom stereocenters. The van der Waals surface area contributed by atoms with E-state index in [4.69, 9.17) is 11.6 Å². The summed E-state index contributed by atoms with van der Waals surface area (Å²) in [5, 5.41) is 4.47. The van der Waals surface area contributed by atoms with Crippen LogP contribution in [0.5, 0.6) is 0 Å². The first-order valence-electron chi connectivity index (χ1n) is 6.75. The zero-order valence-corrected chi connectivity index (χ0v) is 12.1. The summed E-state index contributed by atoms with van der Waals surface area (Å²) < 4.78 is 0. The average molecular weight is 267 g/mol. The fourth-order valence-corrected chi connectivity index (χ4v) is 2.93. The summed E-state index contributed by atoms with van der Waals surface area (Å²) >= 11 is 5.90. The lowest BCUT2D eigenvalue weighted by atomic mass is 9.90. The predicted molar refractivity (Wildman–Crippen MR) is 78.0 cm³/mol. The summed E-state index contributed by atoms with van der Waals surface area (Å²) in [6.07, 6.45) is 3.94. The van der Waals surface area contributed by atoms with E-state index in [0.717, 1.165) is 24.7 Å². The Morgan fingerprint density at radius 1 is 1.28 bits per heavy atom. The van der Waals surface area contributed by atoms with Crippen molar-refractivity contribution in [3.63, 3.8) is 0 Å². The lowest BCUT2D eigenvalue weighted by Gasteiger charge is -2.38. The summed E-state index contributed by atoms with van der Waals surface area (Å²) in [7, 11) is 2.19. The Balaban J connectivity index is 1.87. The van der Waals surface area contributed by atoms with Gasteiger partial charge in [0.25, 0.3) is 0 Å². The zero-order chi connectivity index (χ0) is 13.0. The summed E-state index contributed by atoms with van der Waals surface area (Å²) in [4.78, 5) is 2.39. The first-order chi connectivity index (χ1) is 8.57. The minimum Gasteiger partial charge on any atom is -0.310 e. The zero-order valence-electron chi connectivity index (χ0n) is 11.4. The molecule has 0 amide bonds. The number of piperidine rings is 1. The molecule has 100 valence electrons. The van der Waals surface area contributed by atoms with E-state index < -0.39 is 0 Å². The van der Waals surface area contributed by atoms with Gasteiger partial charge in [-0.1, -0.05) is 30.2 Å². The van der Waals surface area contributed by atoms with Crippen molar-refractivity contribution in [2.75, 3.05) is 20.1 Å². The molecular weight excluding hydrogens is 244 g/mol. The van der Waals surface area contributed by atoms with Crippen LogP contribution >= 0.6 is 11.6 Å². The van der Waals surface area contributed by atoms with Gasteiger partial charge in [0.05, 0.1) is 0 Å². The standard InChI is InChI=1S/C15H23ClN2/c1-15(9-3-4-10-17-15)12-18(2)11-13-5-7-14(16)8-6-13/h5-8,17H,3-4,9-12H2,1-2H3. The number of likely N-dealkylation sites (N-methyl/N-ethyl adjacent to an activating group) is 1. The third-order valence-electron chi connectivity index (χ3n) is 3.69. The maximum atomic E-state index is 5.90. The van der Waals surface area contributed by atoms with Crippen molar-refractivity contribution in [3.05, 3.63) is 34.9 Å². The highest BCUT2D eigenvalue weighted by molar-refractivity contribution is 6.30. The topological polar surface area (TPSA) is 15.3 Å². The Morgan fingerprint density at radius 3 is 2.61 bits per heavy atom. The summed E-state index contributed by atoms with van der Waals surface area (Å²) in [5.74, 6) is 0. The van der Waals surface area contributed by atoms with Crippen molar-refractivity contribution in [1.29, 1.82) is 0 Å². The smallest absolute Gasteiger partial charge is 0.0406 e. The number of nitrogens with one attached hydrogen (secondary N) is 1. The van der Waals surface area contributed by atoms with E-state index in [9.17, 15) is 0 Å². The quantitative estimate of drug-likeness (QED) is 0.900. The molecule has 0 aromatic heterocycles. The molecule has 2 nitrogen and oxygen atoms in total. The van der Waals surface area contributed by atoms with E-state index in [2.05, 4.69) is 36.3 Å². The van der Waals surface area contributed by atoms with E-state index in [-0.39, 0.29) is 5.54 Å². The van der Waals surface area contributed by atoms with Gasteiger partial charge in [-0.25, -0.2) is 0 Å². The summed E-state index contributed by atoms with van der Waals surface area (Å²) in [6.45, 7) is 5.57. The van der Waals surface area contributed by atoms with E-state index in [0.29, 0.717) is 0 Å². The van der Waals surface area contributed by atoms with Gasteiger partial charge >= 0.3 is 0 Å².